The number of esters is 2. The average molecular weight is 541 g/mol. The summed E-state index contributed by atoms with van der Waals surface area (Å²) in [5.41, 5.74) is 6.20. The van der Waals surface area contributed by atoms with Gasteiger partial charge in [0, 0.05) is 17.2 Å². The summed E-state index contributed by atoms with van der Waals surface area (Å²) in [5.74, 6) is -2.95. The van der Waals surface area contributed by atoms with Crippen LogP contribution in [-0.2, 0) is 34.3 Å². The summed E-state index contributed by atoms with van der Waals surface area (Å²) in [4.78, 5) is 62.9. The zero-order chi connectivity index (χ0) is 27.8. The molecule has 204 valence electrons. The molecule has 0 bridgehead atoms. The van der Waals surface area contributed by atoms with E-state index in [0.29, 0.717) is 11.3 Å². The number of nitrogens with one attached hydrogen (secondary N) is 3. The number of alkyl carbamates (subject to hydrolysis) is 1. The van der Waals surface area contributed by atoms with Crippen LogP contribution < -0.4 is 21.7 Å². The number of rotatable bonds is 5. The standard InChI is InChI=1S/C23H32N4O9S/c1-23(2,3)36-22(33)27-15(8-28)18(29)25-16-9-35-20(31)12-6-5-7-14(24)13(12)10-37-11-17(21(32)34-4)26-19(16)30/h5-7,15-17,28H,8-11,24H2,1-4H3,(H,25,29)(H,26,30)(H,27,33)/t15-,16-,17-/m0/s1. The second-order valence-corrected chi connectivity index (χ2v) is 10.0. The Hall–Kier alpha value is -3.52. The van der Waals surface area contributed by atoms with Gasteiger partial charge in [0.2, 0.25) is 11.8 Å². The highest BCUT2D eigenvalue weighted by Gasteiger charge is 2.32. The Kier molecular flexibility index (Phi) is 10.6. The number of aliphatic hydroxyl groups excluding tert-OH is 1. The first-order valence-electron chi connectivity index (χ1n) is 11.3. The van der Waals surface area contributed by atoms with Crippen LogP contribution in [0.1, 0.15) is 36.7 Å². The second-order valence-electron chi connectivity index (χ2n) is 9.01. The van der Waals surface area contributed by atoms with Gasteiger partial charge >= 0.3 is 18.0 Å². The number of carbonyl (C=O) groups is 5. The molecule has 3 atom stereocenters. The summed E-state index contributed by atoms with van der Waals surface area (Å²) in [5, 5.41) is 16.6. The SMILES string of the molecule is COC(=O)[C@@H]1CSCc2c(N)cccc2C(=O)OC[C@H](NC(=O)[C@H](CO)NC(=O)OC(C)(C)C)C(=O)N1. The lowest BCUT2D eigenvalue weighted by Crippen LogP contribution is -2.58. The fraction of sp³-hybridized carbons (Fsp3) is 0.522. The van der Waals surface area contributed by atoms with Crippen LogP contribution >= 0.6 is 11.8 Å². The number of methoxy groups -OCH3 is 1. The lowest BCUT2D eigenvalue weighted by atomic mass is 10.1. The first-order chi connectivity index (χ1) is 17.4. The van der Waals surface area contributed by atoms with Gasteiger partial charge in [-0.25, -0.2) is 14.4 Å². The van der Waals surface area contributed by atoms with Crippen molar-refractivity contribution in [3.8, 4) is 0 Å². The summed E-state index contributed by atoms with van der Waals surface area (Å²) in [7, 11) is 1.16. The highest BCUT2D eigenvalue weighted by atomic mass is 32.2. The van der Waals surface area contributed by atoms with Gasteiger partial charge in [-0.1, -0.05) is 6.07 Å². The molecule has 0 spiro atoms. The van der Waals surface area contributed by atoms with Crippen molar-refractivity contribution in [3.05, 3.63) is 29.3 Å². The minimum absolute atomic E-state index is 0.0847. The van der Waals surface area contributed by atoms with E-state index in [-0.39, 0.29) is 17.1 Å². The molecule has 0 unspecified atom stereocenters. The molecule has 14 heteroatoms. The van der Waals surface area contributed by atoms with Crippen LogP contribution in [0.3, 0.4) is 0 Å². The zero-order valence-electron chi connectivity index (χ0n) is 21.0. The predicted molar refractivity (Wildman–Crippen MR) is 133 cm³/mol. The number of carbonyl (C=O) groups excluding carboxylic acids is 5. The van der Waals surface area contributed by atoms with Gasteiger partial charge in [0.1, 0.15) is 30.3 Å². The molecule has 0 aliphatic carbocycles. The Morgan fingerprint density at radius 2 is 2.00 bits per heavy atom. The molecule has 0 aromatic heterocycles. The van der Waals surface area contributed by atoms with Crippen LogP contribution in [0.2, 0.25) is 0 Å². The van der Waals surface area contributed by atoms with E-state index in [1.165, 1.54) is 17.8 Å². The highest BCUT2D eigenvalue weighted by molar-refractivity contribution is 7.98. The number of benzene rings is 1. The number of nitrogens with two attached hydrogens (primary N) is 1. The summed E-state index contributed by atoms with van der Waals surface area (Å²) in [6, 6.07) is 0.661. The number of anilines is 1. The Morgan fingerprint density at radius 3 is 2.62 bits per heavy atom. The van der Waals surface area contributed by atoms with Crippen molar-refractivity contribution in [2.75, 3.05) is 31.8 Å². The van der Waals surface area contributed by atoms with Crippen LogP contribution in [0, 0.1) is 0 Å². The molecule has 2 rings (SSSR count). The van der Waals surface area contributed by atoms with Crippen LogP contribution in [0.25, 0.3) is 0 Å². The third-order valence-corrected chi connectivity index (χ3v) is 6.03. The molecule has 3 amide bonds. The first kappa shape index (κ1) is 29.7. The van der Waals surface area contributed by atoms with E-state index < -0.39 is 66.8 Å². The fourth-order valence-electron chi connectivity index (χ4n) is 3.15. The van der Waals surface area contributed by atoms with E-state index in [9.17, 15) is 29.1 Å². The molecule has 6 N–H and O–H groups in total. The topological polar surface area (TPSA) is 195 Å². The molecule has 1 aliphatic heterocycles. The Bertz CT molecular complexity index is 1030. The largest absolute Gasteiger partial charge is 0.467 e. The van der Waals surface area contributed by atoms with E-state index >= 15 is 0 Å². The molecule has 37 heavy (non-hydrogen) atoms. The first-order valence-corrected chi connectivity index (χ1v) is 12.4. The maximum atomic E-state index is 13.0. The number of nitrogen functional groups attached to an aromatic ring is 1. The quantitative estimate of drug-likeness (QED) is 0.187. The number of thioether (sulfide) groups is 1. The molecule has 1 aliphatic rings. The van der Waals surface area contributed by atoms with E-state index in [1.54, 1.807) is 32.9 Å². The van der Waals surface area contributed by atoms with Crippen molar-refractivity contribution in [2.45, 2.75) is 50.3 Å². The van der Waals surface area contributed by atoms with Crippen LogP contribution in [-0.4, -0.2) is 84.8 Å². The molecule has 0 saturated heterocycles. The highest BCUT2D eigenvalue weighted by Crippen LogP contribution is 2.24. The maximum absolute atomic E-state index is 13.0. The van der Waals surface area contributed by atoms with Gasteiger partial charge in [0.25, 0.3) is 0 Å². The van der Waals surface area contributed by atoms with Gasteiger partial charge in [-0.2, -0.15) is 11.8 Å². The molecule has 13 nitrogen and oxygen atoms in total. The molecule has 1 aromatic rings. The molecular formula is C23H32N4O9S. The lowest BCUT2D eigenvalue weighted by molar-refractivity contribution is -0.144. The van der Waals surface area contributed by atoms with E-state index in [4.69, 9.17) is 19.9 Å². The third kappa shape index (κ3) is 8.82. The number of ether oxygens (including phenoxy) is 3. The normalized spacial score (nSPS) is 19.5. The maximum Gasteiger partial charge on any atom is 0.408 e. The number of cyclic esters (lactones) is 1. The van der Waals surface area contributed by atoms with E-state index in [0.717, 1.165) is 7.11 Å². The van der Waals surface area contributed by atoms with Crippen LogP contribution in [0.15, 0.2) is 18.2 Å². The fourth-order valence-corrected chi connectivity index (χ4v) is 4.25. The summed E-state index contributed by atoms with van der Waals surface area (Å²) < 4.78 is 15.1. The molecular weight excluding hydrogens is 508 g/mol. The Labute approximate surface area is 218 Å². The van der Waals surface area contributed by atoms with Gasteiger partial charge in [0.05, 0.1) is 19.3 Å². The molecule has 0 fully saturated rings. The number of hydrogen-bond donors (Lipinski definition) is 5. The summed E-state index contributed by atoms with van der Waals surface area (Å²) in [6.07, 6.45) is -0.965. The van der Waals surface area contributed by atoms with Crippen molar-refractivity contribution < 1.29 is 43.3 Å². The number of fused-ring (bicyclic) bond motifs is 1. The summed E-state index contributed by atoms with van der Waals surface area (Å²) in [6.45, 7) is 3.42. The molecule has 0 saturated carbocycles. The second kappa shape index (κ2) is 13.1. The smallest absolute Gasteiger partial charge is 0.408 e. The number of amides is 3. The van der Waals surface area contributed by atoms with Crippen LogP contribution in [0.4, 0.5) is 10.5 Å². The van der Waals surface area contributed by atoms with Gasteiger partial charge in [0.15, 0.2) is 0 Å². The predicted octanol–water partition coefficient (Wildman–Crippen LogP) is -0.299. The minimum atomic E-state index is -1.48. The van der Waals surface area contributed by atoms with E-state index in [2.05, 4.69) is 16.0 Å². The van der Waals surface area contributed by atoms with Gasteiger partial charge in [-0.15, -0.1) is 0 Å². The molecule has 1 heterocycles. The Morgan fingerprint density at radius 1 is 1.30 bits per heavy atom. The van der Waals surface area contributed by atoms with Crippen LogP contribution in [0.5, 0.6) is 0 Å². The van der Waals surface area contributed by atoms with Crippen molar-refractivity contribution in [2.24, 2.45) is 0 Å². The minimum Gasteiger partial charge on any atom is -0.467 e. The van der Waals surface area contributed by atoms with Gasteiger partial charge in [-0.3, -0.25) is 9.59 Å². The van der Waals surface area contributed by atoms with Crippen molar-refractivity contribution in [1.82, 2.24) is 16.0 Å². The third-order valence-electron chi connectivity index (χ3n) is 4.97. The average Bonchev–Trinajstić information content (AvgIpc) is 2.82. The van der Waals surface area contributed by atoms with Crippen molar-refractivity contribution in [1.29, 1.82) is 0 Å². The monoisotopic (exact) mass is 540 g/mol. The van der Waals surface area contributed by atoms with E-state index in [1.807, 2.05) is 0 Å². The Balaban J connectivity index is 2.28. The van der Waals surface area contributed by atoms with Gasteiger partial charge < -0.3 is 41.0 Å². The number of hydrogen-bond acceptors (Lipinski definition) is 11. The van der Waals surface area contributed by atoms with Crippen molar-refractivity contribution in [3.63, 3.8) is 0 Å². The molecule has 1 aromatic carbocycles. The zero-order valence-corrected chi connectivity index (χ0v) is 21.8. The molecule has 0 radical (unpaired) electrons. The van der Waals surface area contributed by atoms with Gasteiger partial charge in [-0.05, 0) is 38.5 Å². The van der Waals surface area contributed by atoms with Crippen molar-refractivity contribution >= 4 is 47.3 Å². The summed E-state index contributed by atoms with van der Waals surface area (Å²) >= 11 is 1.23. The lowest BCUT2D eigenvalue weighted by Gasteiger charge is -2.26. The number of aliphatic hydroxyl groups is 1.